The van der Waals surface area contributed by atoms with Crippen molar-refractivity contribution >= 4 is 23.3 Å². The SMILES string of the molecule is CC(=O)Nc1ccc(C(=O)C(C)OC(=O)c2ccc(-n3cccn3)nc2)cc1. The van der Waals surface area contributed by atoms with Crippen molar-refractivity contribution in [1.29, 1.82) is 0 Å². The normalized spacial score (nSPS) is 11.5. The highest BCUT2D eigenvalue weighted by molar-refractivity contribution is 6.01. The molecular weight excluding hydrogens is 360 g/mol. The average molecular weight is 378 g/mol. The number of rotatable bonds is 6. The van der Waals surface area contributed by atoms with Crippen LogP contribution in [0.3, 0.4) is 0 Å². The fourth-order valence-corrected chi connectivity index (χ4v) is 2.48. The number of Topliss-reactive ketones (excluding diaryl/α,β-unsaturated/α-hetero) is 1. The maximum atomic E-state index is 12.5. The molecule has 2 aromatic heterocycles. The summed E-state index contributed by atoms with van der Waals surface area (Å²) in [6, 6.07) is 11.3. The lowest BCUT2D eigenvalue weighted by Crippen LogP contribution is -2.24. The van der Waals surface area contributed by atoms with Crippen molar-refractivity contribution in [3.63, 3.8) is 0 Å². The second-order valence-electron chi connectivity index (χ2n) is 6.03. The Bertz CT molecular complexity index is 980. The van der Waals surface area contributed by atoms with E-state index in [-0.39, 0.29) is 17.3 Å². The number of esters is 1. The van der Waals surface area contributed by atoms with Crippen molar-refractivity contribution in [1.82, 2.24) is 14.8 Å². The molecule has 0 saturated carbocycles. The smallest absolute Gasteiger partial charge is 0.340 e. The van der Waals surface area contributed by atoms with Gasteiger partial charge in [0.15, 0.2) is 11.9 Å². The minimum absolute atomic E-state index is 0.200. The van der Waals surface area contributed by atoms with Crippen molar-refractivity contribution < 1.29 is 19.1 Å². The van der Waals surface area contributed by atoms with Gasteiger partial charge in [-0.3, -0.25) is 9.59 Å². The highest BCUT2D eigenvalue weighted by Gasteiger charge is 2.20. The standard InChI is InChI=1S/C20H18N4O4/c1-13(19(26)15-4-7-17(8-5-15)23-14(2)25)28-20(27)16-6-9-18(21-12-16)24-11-3-10-22-24/h3-13H,1-2H3,(H,23,25). The summed E-state index contributed by atoms with van der Waals surface area (Å²) in [5.74, 6) is -0.627. The van der Waals surface area contributed by atoms with Crippen molar-refractivity contribution in [2.24, 2.45) is 0 Å². The molecule has 0 spiro atoms. The van der Waals surface area contributed by atoms with E-state index in [9.17, 15) is 14.4 Å². The monoisotopic (exact) mass is 378 g/mol. The summed E-state index contributed by atoms with van der Waals surface area (Å²) in [4.78, 5) is 39.9. The van der Waals surface area contributed by atoms with Gasteiger partial charge < -0.3 is 10.1 Å². The van der Waals surface area contributed by atoms with E-state index in [4.69, 9.17) is 4.74 Å². The number of benzene rings is 1. The van der Waals surface area contributed by atoms with Crippen LogP contribution in [0.15, 0.2) is 61.1 Å². The molecule has 0 aliphatic carbocycles. The second-order valence-corrected chi connectivity index (χ2v) is 6.03. The van der Waals surface area contributed by atoms with Gasteiger partial charge in [0.05, 0.1) is 5.56 Å². The Morgan fingerprint density at radius 1 is 1.07 bits per heavy atom. The number of carbonyl (C=O) groups is 3. The molecule has 1 N–H and O–H groups in total. The van der Waals surface area contributed by atoms with Gasteiger partial charge in [-0.25, -0.2) is 14.5 Å². The largest absolute Gasteiger partial charge is 0.451 e. The molecule has 1 atom stereocenters. The molecule has 1 aromatic carbocycles. The Labute approximate surface area is 161 Å². The van der Waals surface area contributed by atoms with E-state index >= 15 is 0 Å². The zero-order chi connectivity index (χ0) is 20.1. The van der Waals surface area contributed by atoms with Gasteiger partial charge in [-0.05, 0) is 49.4 Å². The number of nitrogens with zero attached hydrogens (tertiary/aromatic N) is 3. The lowest BCUT2D eigenvalue weighted by Gasteiger charge is -2.13. The van der Waals surface area contributed by atoms with Gasteiger partial charge in [0.2, 0.25) is 11.7 Å². The number of nitrogens with one attached hydrogen (secondary N) is 1. The van der Waals surface area contributed by atoms with E-state index in [1.165, 1.54) is 20.0 Å². The number of hydrogen-bond donors (Lipinski definition) is 1. The minimum Gasteiger partial charge on any atom is -0.451 e. The zero-order valence-electron chi connectivity index (χ0n) is 15.3. The number of ketones is 1. The number of carbonyl (C=O) groups excluding carboxylic acids is 3. The van der Waals surface area contributed by atoms with E-state index in [2.05, 4.69) is 15.4 Å². The topological polar surface area (TPSA) is 103 Å². The number of amides is 1. The maximum absolute atomic E-state index is 12.5. The molecule has 0 bridgehead atoms. The molecular formula is C20H18N4O4. The summed E-state index contributed by atoms with van der Waals surface area (Å²) < 4.78 is 6.82. The third-order valence-electron chi connectivity index (χ3n) is 3.87. The molecule has 1 unspecified atom stereocenters. The summed E-state index contributed by atoms with van der Waals surface area (Å²) >= 11 is 0. The van der Waals surface area contributed by atoms with Crippen molar-refractivity contribution in [2.75, 3.05) is 5.32 Å². The zero-order valence-corrected chi connectivity index (χ0v) is 15.3. The van der Waals surface area contributed by atoms with Gasteiger partial charge >= 0.3 is 5.97 Å². The van der Waals surface area contributed by atoms with Gasteiger partial charge in [-0.1, -0.05) is 0 Å². The van der Waals surface area contributed by atoms with Gasteiger partial charge in [0.25, 0.3) is 0 Å². The highest BCUT2D eigenvalue weighted by atomic mass is 16.5. The van der Waals surface area contributed by atoms with Crippen LogP contribution in [-0.2, 0) is 9.53 Å². The predicted molar refractivity (Wildman–Crippen MR) is 101 cm³/mol. The van der Waals surface area contributed by atoms with Crippen LogP contribution < -0.4 is 5.32 Å². The summed E-state index contributed by atoms with van der Waals surface area (Å²) in [5, 5.41) is 6.68. The molecule has 142 valence electrons. The first kappa shape index (κ1) is 19.0. The fourth-order valence-electron chi connectivity index (χ4n) is 2.48. The highest BCUT2D eigenvalue weighted by Crippen LogP contribution is 2.14. The molecule has 0 aliphatic heterocycles. The Hall–Kier alpha value is -3.81. The molecule has 1 amide bonds. The molecule has 3 rings (SSSR count). The molecule has 2 heterocycles. The van der Waals surface area contributed by atoms with Crippen LogP contribution in [0.5, 0.6) is 0 Å². The second kappa shape index (κ2) is 8.26. The van der Waals surface area contributed by atoms with Crippen LogP contribution in [0.1, 0.15) is 34.6 Å². The third-order valence-corrected chi connectivity index (χ3v) is 3.87. The first-order valence-electron chi connectivity index (χ1n) is 8.53. The summed E-state index contributed by atoms with van der Waals surface area (Å²) in [6.45, 7) is 2.91. The van der Waals surface area contributed by atoms with Crippen molar-refractivity contribution in [3.05, 3.63) is 72.2 Å². The number of aromatic nitrogens is 3. The molecule has 0 radical (unpaired) electrons. The van der Waals surface area contributed by atoms with Gasteiger partial charge in [-0.2, -0.15) is 5.10 Å². The Kier molecular flexibility index (Phi) is 5.59. The van der Waals surface area contributed by atoms with Crippen LogP contribution in [0, 0.1) is 0 Å². The van der Waals surface area contributed by atoms with Crippen LogP contribution in [0.2, 0.25) is 0 Å². The number of ether oxygens (including phenoxy) is 1. The van der Waals surface area contributed by atoms with Crippen LogP contribution in [0.4, 0.5) is 5.69 Å². The van der Waals surface area contributed by atoms with Crippen molar-refractivity contribution in [3.8, 4) is 5.82 Å². The number of pyridine rings is 1. The van der Waals surface area contributed by atoms with E-state index in [0.29, 0.717) is 17.1 Å². The molecule has 28 heavy (non-hydrogen) atoms. The lowest BCUT2D eigenvalue weighted by atomic mass is 10.1. The Balaban J connectivity index is 1.63. The Morgan fingerprint density at radius 3 is 2.36 bits per heavy atom. The lowest BCUT2D eigenvalue weighted by molar-refractivity contribution is -0.114. The Morgan fingerprint density at radius 2 is 1.79 bits per heavy atom. The van der Waals surface area contributed by atoms with E-state index < -0.39 is 12.1 Å². The van der Waals surface area contributed by atoms with Crippen LogP contribution in [-0.4, -0.2) is 38.5 Å². The molecule has 3 aromatic rings. The summed E-state index contributed by atoms with van der Waals surface area (Å²) in [5.41, 5.74) is 1.19. The van der Waals surface area contributed by atoms with Gasteiger partial charge in [0.1, 0.15) is 0 Å². The molecule has 0 fully saturated rings. The van der Waals surface area contributed by atoms with Crippen molar-refractivity contribution in [2.45, 2.75) is 20.0 Å². The molecule has 0 saturated heterocycles. The quantitative estimate of drug-likeness (QED) is 0.522. The third kappa shape index (κ3) is 4.47. The average Bonchev–Trinajstić information content (AvgIpc) is 3.22. The molecule has 8 heteroatoms. The fraction of sp³-hybridized carbons (Fsp3) is 0.150. The minimum atomic E-state index is -0.968. The van der Waals surface area contributed by atoms with E-state index in [1.807, 2.05) is 0 Å². The summed E-state index contributed by atoms with van der Waals surface area (Å²) in [7, 11) is 0. The van der Waals surface area contributed by atoms with Crippen LogP contribution in [0.25, 0.3) is 5.82 Å². The van der Waals surface area contributed by atoms with Crippen LogP contribution >= 0.6 is 0 Å². The van der Waals surface area contributed by atoms with E-state index in [0.717, 1.165) is 0 Å². The molecule has 8 nitrogen and oxygen atoms in total. The first-order chi connectivity index (χ1) is 13.4. The number of anilines is 1. The number of hydrogen-bond acceptors (Lipinski definition) is 6. The predicted octanol–water partition coefficient (Wildman–Crippen LogP) is 2.65. The maximum Gasteiger partial charge on any atom is 0.340 e. The first-order valence-corrected chi connectivity index (χ1v) is 8.53. The van der Waals surface area contributed by atoms with E-state index in [1.54, 1.807) is 59.5 Å². The van der Waals surface area contributed by atoms with Gasteiger partial charge in [0, 0.05) is 36.8 Å². The molecule has 0 aliphatic rings. The van der Waals surface area contributed by atoms with Gasteiger partial charge in [-0.15, -0.1) is 0 Å². The summed E-state index contributed by atoms with van der Waals surface area (Å²) in [6.07, 6.45) is 3.77.